The van der Waals surface area contributed by atoms with Gasteiger partial charge in [0.1, 0.15) is 5.84 Å². The van der Waals surface area contributed by atoms with Gasteiger partial charge in [0.05, 0.1) is 13.0 Å². The summed E-state index contributed by atoms with van der Waals surface area (Å²) in [5.41, 5.74) is 6.40. The van der Waals surface area contributed by atoms with Gasteiger partial charge in [0, 0.05) is 5.02 Å². The van der Waals surface area contributed by atoms with Crippen molar-refractivity contribution in [3.05, 3.63) is 34.9 Å². The summed E-state index contributed by atoms with van der Waals surface area (Å²) in [5.74, 6) is 0.287. The second-order valence-electron chi connectivity index (χ2n) is 3.35. The molecule has 1 aromatic rings. The number of hydrogen-bond donors (Lipinski definition) is 1. The summed E-state index contributed by atoms with van der Waals surface area (Å²) in [4.78, 5) is 11.4. The fourth-order valence-corrected chi connectivity index (χ4v) is 1.64. The van der Waals surface area contributed by atoms with Gasteiger partial charge in [0.25, 0.3) is 5.91 Å². The van der Waals surface area contributed by atoms with Crippen molar-refractivity contribution in [2.24, 2.45) is 10.8 Å². The van der Waals surface area contributed by atoms with E-state index in [0.29, 0.717) is 17.4 Å². The minimum atomic E-state index is -0.0764. The van der Waals surface area contributed by atoms with Gasteiger partial charge in [-0.3, -0.25) is 4.79 Å². The largest absolute Gasteiger partial charge is 0.385 e. The second kappa shape index (κ2) is 3.90. The molecule has 0 aliphatic carbocycles. The lowest BCUT2D eigenvalue weighted by molar-refractivity contribution is -0.129. The first kappa shape index (κ1) is 9.98. The number of nitrogens with zero attached hydrogens (tertiary/aromatic N) is 2. The van der Waals surface area contributed by atoms with Crippen molar-refractivity contribution in [3.8, 4) is 0 Å². The molecule has 5 heteroatoms. The van der Waals surface area contributed by atoms with Crippen LogP contribution >= 0.6 is 11.6 Å². The Morgan fingerprint density at radius 1 is 1.53 bits per heavy atom. The Morgan fingerprint density at radius 2 is 2.33 bits per heavy atom. The van der Waals surface area contributed by atoms with Crippen LogP contribution in [0.25, 0.3) is 0 Å². The Kier molecular flexibility index (Phi) is 2.60. The summed E-state index contributed by atoms with van der Waals surface area (Å²) in [6.45, 7) is 0.417. The van der Waals surface area contributed by atoms with Crippen LogP contribution in [0.4, 0.5) is 0 Å². The number of carbonyl (C=O) groups excluding carboxylic acids is 1. The fraction of sp³-hybridized carbons (Fsp3) is 0.200. The SMILES string of the molecule is NC1=NN(Cc2cccc(Cl)c2)C(=O)C1. The molecule has 2 rings (SSSR count). The third-order valence-electron chi connectivity index (χ3n) is 2.09. The van der Waals surface area contributed by atoms with Crippen LogP contribution in [0.5, 0.6) is 0 Å². The van der Waals surface area contributed by atoms with Crippen molar-refractivity contribution < 1.29 is 4.79 Å². The molecule has 1 heterocycles. The first-order valence-electron chi connectivity index (χ1n) is 4.53. The molecule has 2 N–H and O–H groups in total. The molecule has 1 aromatic carbocycles. The van der Waals surface area contributed by atoms with E-state index in [1.807, 2.05) is 12.1 Å². The summed E-state index contributed by atoms with van der Waals surface area (Å²) in [6.07, 6.45) is 0.209. The maximum absolute atomic E-state index is 11.4. The second-order valence-corrected chi connectivity index (χ2v) is 3.79. The third kappa shape index (κ3) is 2.27. The Bertz CT molecular complexity index is 430. The van der Waals surface area contributed by atoms with Crippen LogP contribution in [0.2, 0.25) is 5.02 Å². The van der Waals surface area contributed by atoms with Gasteiger partial charge in [0.15, 0.2) is 0 Å². The molecule has 78 valence electrons. The number of rotatable bonds is 2. The minimum absolute atomic E-state index is 0.0764. The number of halogens is 1. The van der Waals surface area contributed by atoms with E-state index in [9.17, 15) is 4.79 Å². The highest BCUT2D eigenvalue weighted by Gasteiger charge is 2.21. The lowest BCUT2D eigenvalue weighted by Crippen LogP contribution is -2.20. The van der Waals surface area contributed by atoms with E-state index in [-0.39, 0.29) is 12.3 Å². The topological polar surface area (TPSA) is 58.7 Å². The Hall–Kier alpha value is -1.55. The molecule has 4 nitrogen and oxygen atoms in total. The van der Waals surface area contributed by atoms with Gasteiger partial charge in [-0.25, -0.2) is 5.01 Å². The van der Waals surface area contributed by atoms with Gasteiger partial charge in [-0.05, 0) is 17.7 Å². The molecule has 0 aromatic heterocycles. The van der Waals surface area contributed by atoms with Gasteiger partial charge in [0.2, 0.25) is 0 Å². The first-order valence-corrected chi connectivity index (χ1v) is 4.91. The van der Waals surface area contributed by atoms with Crippen molar-refractivity contribution >= 4 is 23.3 Å². The highest BCUT2D eigenvalue weighted by molar-refractivity contribution is 6.30. The maximum Gasteiger partial charge on any atom is 0.250 e. The molecule has 1 aliphatic heterocycles. The van der Waals surface area contributed by atoms with Crippen molar-refractivity contribution in [2.75, 3.05) is 0 Å². The van der Waals surface area contributed by atoms with Gasteiger partial charge in [-0.2, -0.15) is 5.10 Å². The van der Waals surface area contributed by atoms with E-state index in [2.05, 4.69) is 5.10 Å². The van der Waals surface area contributed by atoms with Crippen molar-refractivity contribution in [2.45, 2.75) is 13.0 Å². The molecule has 0 spiro atoms. The molecule has 1 aliphatic rings. The highest BCUT2D eigenvalue weighted by atomic mass is 35.5. The smallest absolute Gasteiger partial charge is 0.250 e. The zero-order valence-electron chi connectivity index (χ0n) is 7.98. The minimum Gasteiger partial charge on any atom is -0.385 e. The predicted octanol–water partition coefficient (Wildman–Crippen LogP) is 1.34. The number of nitrogens with two attached hydrogens (primary N) is 1. The number of amides is 1. The molecular weight excluding hydrogens is 214 g/mol. The molecule has 0 bridgehead atoms. The van der Waals surface area contributed by atoms with Crippen molar-refractivity contribution in [3.63, 3.8) is 0 Å². The normalized spacial score (nSPS) is 15.7. The molecular formula is C10H10ClN3O. The molecule has 15 heavy (non-hydrogen) atoms. The summed E-state index contributed by atoms with van der Waals surface area (Å²) in [7, 11) is 0. The molecule has 0 saturated carbocycles. The average molecular weight is 224 g/mol. The van der Waals surface area contributed by atoms with Crippen molar-refractivity contribution in [1.82, 2.24) is 5.01 Å². The summed E-state index contributed by atoms with van der Waals surface area (Å²) < 4.78 is 0. The lowest BCUT2D eigenvalue weighted by Gasteiger charge is -2.11. The zero-order chi connectivity index (χ0) is 10.8. The summed E-state index contributed by atoms with van der Waals surface area (Å²) in [5, 5.41) is 5.94. The van der Waals surface area contributed by atoms with E-state index in [0.717, 1.165) is 5.56 Å². The standard InChI is InChI=1S/C10H10ClN3O/c11-8-3-1-2-7(4-8)6-14-10(15)5-9(12)13-14/h1-4H,5-6H2,(H2,12,13). The van der Waals surface area contributed by atoms with E-state index in [4.69, 9.17) is 17.3 Å². The van der Waals surface area contributed by atoms with Gasteiger partial charge < -0.3 is 5.73 Å². The van der Waals surface area contributed by atoms with Crippen LogP contribution in [0.3, 0.4) is 0 Å². The van der Waals surface area contributed by atoms with Crippen LogP contribution in [-0.2, 0) is 11.3 Å². The number of amidine groups is 1. The van der Waals surface area contributed by atoms with Crippen LogP contribution in [0, 0.1) is 0 Å². The Balaban J connectivity index is 2.12. The van der Waals surface area contributed by atoms with Crippen LogP contribution in [0.1, 0.15) is 12.0 Å². The third-order valence-corrected chi connectivity index (χ3v) is 2.33. The molecule has 0 radical (unpaired) electrons. The molecule has 0 unspecified atom stereocenters. The molecule has 0 fully saturated rings. The quantitative estimate of drug-likeness (QED) is 0.823. The van der Waals surface area contributed by atoms with E-state index in [1.54, 1.807) is 12.1 Å². The van der Waals surface area contributed by atoms with E-state index >= 15 is 0 Å². The number of benzene rings is 1. The van der Waals surface area contributed by atoms with Gasteiger partial charge in [-0.15, -0.1) is 0 Å². The van der Waals surface area contributed by atoms with Crippen molar-refractivity contribution in [1.29, 1.82) is 0 Å². The van der Waals surface area contributed by atoms with Crippen LogP contribution in [-0.4, -0.2) is 16.8 Å². The van der Waals surface area contributed by atoms with Crippen LogP contribution < -0.4 is 5.73 Å². The highest BCUT2D eigenvalue weighted by Crippen LogP contribution is 2.15. The monoisotopic (exact) mass is 223 g/mol. The zero-order valence-corrected chi connectivity index (χ0v) is 8.74. The molecule has 0 atom stereocenters. The number of carbonyl (C=O) groups is 1. The Morgan fingerprint density at radius 3 is 2.93 bits per heavy atom. The average Bonchev–Trinajstić information content (AvgIpc) is 2.45. The predicted molar refractivity (Wildman–Crippen MR) is 58.2 cm³/mol. The molecule has 0 saturated heterocycles. The molecule has 1 amide bonds. The van der Waals surface area contributed by atoms with Gasteiger partial charge >= 0.3 is 0 Å². The van der Waals surface area contributed by atoms with Crippen LogP contribution in [0.15, 0.2) is 29.4 Å². The summed E-state index contributed by atoms with van der Waals surface area (Å²) >= 11 is 5.83. The lowest BCUT2D eigenvalue weighted by atomic mass is 10.2. The Labute approximate surface area is 92.3 Å². The number of hydrazone groups is 1. The maximum atomic E-state index is 11.4. The van der Waals surface area contributed by atoms with E-state index in [1.165, 1.54) is 5.01 Å². The summed E-state index contributed by atoms with van der Waals surface area (Å²) in [6, 6.07) is 7.32. The first-order chi connectivity index (χ1) is 7.15. The number of hydrogen-bond acceptors (Lipinski definition) is 3. The van der Waals surface area contributed by atoms with Gasteiger partial charge in [-0.1, -0.05) is 23.7 Å². The van der Waals surface area contributed by atoms with E-state index < -0.39 is 0 Å². The fourth-order valence-electron chi connectivity index (χ4n) is 1.42.